The zero-order chi connectivity index (χ0) is 38.1. The molecule has 6 aromatic rings. The Labute approximate surface area is 306 Å². The second-order valence-electron chi connectivity index (χ2n) is 11.0. The summed E-state index contributed by atoms with van der Waals surface area (Å²) >= 11 is 0. The maximum Gasteiger partial charge on any atom is 0.338 e. The topological polar surface area (TPSA) is 259 Å². The second-order valence-corrected chi connectivity index (χ2v) is 12.6. The smallest absolute Gasteiger partial charge is 0.338 e. The maximum atomic E-state index is 13.7. The van der Waals surface area contributed by atoms with Crippen molar-refractivity contribution >= 4 is 21.8 Å². The average Bonchev–Trinajstić information content (AvgIpc) is 3.72. The molecule has 21 heteroatoms. The van der Waals surface area contributed by atoms with Crippen molar-refractivity contribution in [3.63, 3.8) is 0 Å². The number of para-hydroxylation sites is 2. The summed E-state index contributed by atoms with van der Waals surface area (Å²) < 4.78 is 52.9. The number of ether oxygens (including phenoxy) is 4. The summed E-state index contributed by atoms with van der Waals surface area (Å²) in [6.07, 6.45) is 2.86. The van der Waals surface area contributed by atoms with E-state index in [1.807, 2.05) is 0 Å². The molecular formula is C33H30N10O10S. The summed E-state index contributed by atoms with van der Waals surface area (Å²) in [4.78, 5) is 34.9. The number of anilines is 1. The summed E-state index contributed by atoms with van der Waals surface area (Å²) in [5, 5.41) is 30.6. The van der Waals surface area contributed by atoms with Crippen molar-refractivity contribution in [1.82, 2.24) is 45.9 Å². The predicted molar refractivity (Wildman–Crippen MR) is 184 cm³/mol. The fourth-order valence-corrected chi connectivity index (χ4v) is 5.60. The molecule has 0 unspecified atom stereocenters. The summed E-state index contributed by atoms with van der Waals surface area (Å²) in [6.45, 7) is 0.957. The molecule has 0 bridgehead atoms. The number of rotatable bonds is 16. The van der Waals surface area contributed by atoms with E-state index >= 15 is 0 Å². The number of hydrogen-bond donors (Lipinski definition) is 4. The average molecular weight is 759 g/mol. The van der Waals surface area contributed by atoms with Crippen molar-refractivity contribution in [3.05, 3.63) is 102 Å². The molecule has 6 rings (SSSR count). The third-order valence-corrected chi connectivity index (χ3v) is 8.43. The second kappa shape index (κ2) is 16.8. The van der Waals surface area contributed by atoms with Gasteiger partial charge in [-0.25, -0.2) is 24.7 Å². The third-order valence-electron chi connectivity index (χ3n) is 7.18. The molecule has 0 amide bonds. The molecule has 0 saturated heterocycles. The number of pyridine rings is 2. The molecule has 4 heterocycles. The van der Waals surface area contributed by atoms with Gasteiger partial charge < -0.3 is 18.9 Å². The van der Waals surface area contributed by atoms with E-state index in [1.165, 1.54) is 37.7 Å². The summed E-state index contributed by atoms with van der Waals surface area (Å²) in [6, 6.07) is 18.8. The molecule has 54 heavy (non-hydrogen) atoms. The molecule has 0 atom stereocenters. The molecule has 0 aliphatic carbocycles. The van der Waals surface area contributed by atoms with E-state index in [2.05, 4.69) is 50.1 Å². The van der Waals surface area contributed by atoms with Gasteiger partial charge in [-0.05, 0) is 70.9 Å². The highest BCUT2D eigenvalue weighted by atomic mass is 32.2. The number of benzene rings is 2. The number of aryl methyl sites for hydroxylation is 1. The van der Waals surface area contributed by atoms with Crippen LogP contribution in [0.4, 0.5) is 5.82 Å². The summed E-state index contributed by atoms with van der Waals surface area (Å²) in [5.41, 5.74) is 2.04. The first-order chi connectivity index (χ1) is 26.1. The van der Waals surface area contributed by atoms with Gasteiger partial charge in [0, 0.05) is 18.0 Å². The van der Waals surface area contributed by atoms with Crippen LogP contribution in [-0.2, 0) is 26.2 Å². The normalized spacial score (nSPS) is 11.3. The molecule has 2 aromatic carbocycles. The van der Waals surface area contributed by atoms with Gasteiger partial charge in [0.25, 0.3) is 15.9 Å². The van der Waals surface area contributed by atoms with Crippen molar-refractivity contribution in [2.75, 3.05) is 25.0 Å². The zero-order valence-electron chi connectivity index (χ0n) is 28.4. The van der Waals surface area contributed by atoms with Crippen molar-refractivity contribution < 1.29 is 47.4 Å². The standard InChI is InChI=1S/C33H30N10O10S/c1-20-10-11-27(35-18-20)54(47,48)40-31-28(53-26-9-4-3-8-25(26)49-2)32(37-29(36-31)22-12-13-34-24(17-22)30-38-41-42-39-30)50-14-15-51-33(44)23-7-5-6-21(16-23)19-52-43(45)46/h3-13,16-18,45-46H,14-15,19H2,1-2H3,(H,36,37,40)(H,38,39,41,42). The SMILES string of the molecule is COc1ccccc1Oc1c(NS(=O)(=O)c2ccc(C)cn2)nc(-c2ccnc(-c3nnn[nH]3)c2)nc1OCCOC(=O)c1cccc(CON(O)O)c1. The Morgan fingerprint density at radius 3 is 2.54 bits per heavy atom. The lowest BCUT2D eigenvalue weighted by Gasteiger charge is -2.18. The highest BCUT2D eigenvalue weighted by molar-refractivity contribution is 7.92. The summed E-state index contributed by atoms with van der Waals surface area (Å²) in [7, 11) is -2.94. The van der Waals surface area contributed by atoms with Gasteiger partial charge >= 0.3 is 5.97 Å². The van der Waals surface area contributed by atoms with E-state index in [9.17, 15) is 13.2 Å². The Balaban J connectivity index is 1.36. The van der Waals surface area contributed by atoms with Crippen LogP contribution in [0.15, 0.2) is 90.2 Å². The largest absolute Gasteiger partial charge is 0.493 e. The minimum atomic E-state index is -4.37. The van der Waals surface area contributed by atoms with E-state index < -0.39 is 21.4 Å². The number of tetrazole rings is 1. The number of aromatic amines is 1. The van der Waals surface area contributed by atoms with Gasteiger partial charge in [-0.3, -0.25) is 20.1 Å². The number of carbonyl (C=O) groups is 1. The fourth-order valence-electron chi connectivity index (χ4n) is 4.67. The van der Waals surface area contributed by atoms with E-state index in [1.54, 1.807) is 61.5 Å². The number of nitrogens with one attached hydrogen (secondary N) is 2. The van der Waals surface area contributed by atoms with Crippen molar-refractivity contribution in [2.45, 2.75) is 18.6 Å². The van der Waals surface area contributed by atoms with Crippen LogP contribution in [0.2, 0.25) is 0 Å². The Bertz CT molecular complexity index is 2330. The van der Waals surface area contributed by atoms with E-state index in [0.29, 0.717) is 22.6 Å². The van der Waals surface area contributed by atoms with Gasteiger partial charge in [-0.15, -0.1) is 5.10 Å². The molecule has 4 aromatic heterocycles. The monoisotopic (exact) mass is 758 g/mol. The highest BCUT2D eigenvalue weighted by Gasteiger charge is 2.26. The van der Waals surface area contributed by atoms with Gasteiger partial charge in [0.1, 0.15) is 18.9 Å². The van der Waals surface area contributed by atoms with Crippen LogP contribution in [0, 0.1) is 6.92 Å². The number of hydrogen-bond acceptors (Lipinski definition) is 18. The minimum absolute atomic E-state index is 0.0246. The van der Waals surface area contributed by atoms with Crippen molar-refractivity contribution in [1.29, 1.82) is 0 Å². The van der Waals surface area contributed by atoms with Crippen molar-refractivity contribution in [3.8, 4) is 46.0 Å². The molecule has 0 aliphatic rings. The number of carbonyl (C=O) groups excluding carboxylic acids is 1. The Morgan fingerprint density at radius 2 is 1.80 bits per heavy atom. The first kappa shape index (κ1) is 37.1. The van der Waals surface area contributed by atoms with Crippen LogP contribution >= 0.6 is 0 Å². The Kier molecular flexibility index (Phi) is 11.5. The zero-order valence-corrected chi connectivity index (χ0v) is 29.2. The van der Waals surface area contributed by atoms with Gasteiger partial charge in [-0.2, -0.15) is 13.4 Å². The third kappa shape index (κ3) is 9.22. The molecule has 20 nitrogen and oxygen atoms in total. The van der Waals surface area contributed by atoms with Crippen LogP contribution in [0.25, 0.3) is 22.9 Å². The highest BCUT2D eigenvalue weighted by Crippen LogP contribution is 2.41. The number of methoxy groups -OCH3 is 1. The van der Waals surface area contributed by atoms with E-state index in [4.69, 9.17) is 29.4 Å². The number of nitrogens with zero attached hydrogens (tertiary/aromatic N) is 8. The number of sulfonamides is 1. The molecule has 0 fully saturated rings. The van der Waals surface area contributed by atoms with Crippen LogP contribution < -0.4 is 18.9 Å². The molecule has 278 valence electrons. The summed E-state index contributed by atoms with van der Waals surface area (Å²) in [5.74, 6) is -0.856. The fraction of sp³-hybridized carbons (Fsp3) is 0.152. The maximum absolute atomic E-state index is 13.7. The van der Waals surface area contributed by atoms with E-state index in [-0.39, 0.29) is 65.3 Å². The first-order valence-corrected chi connectivity index (χ1v) is 17.2. The predicted octanol–water partition coefficient (Wildman–Crippen LogP) is 3.77. The van der Waals surface area contributed by atoms with Gasteiger partial charge in [0.2, 0.25) is 5.75 Å². The molecule has 0 spiro atoms. The Hall–Kier alpha value is -6.65. The van der Waals surface area contributed by atoms with Crippen LogP contribution in [0.5, 0.6) is 23.1 Å². The number of H-pyrrole nitrogens is 1. The molecular weight excluding hydrogens is 728 g/mol. The molecule has 0 saturated carbocycles. The molecule has 0 radical (unpaired) electrons. The number of aromatic nitrogens is 8. The van der Waals surface area contributed by atoms with Gasteiger partial charge in [-0.1, -0.05) is 30.3 Å². The van der Waals surface area contributed by atoms with Crippen molar-refractivity contribution in [2.24, 2.45) is 0 Å². The molecule has 0 aliphatic heterocycles. The quantitative estimate of drug-likeness (QED) is 0.0622. The van der Waals surface area contributed by atoms with Gasteiger partial charge in [0.05, 0.1) is 24.7 Å². The minimum Gasteiger partial charge on any atom is -0.493 e. The molecule has 4 N–H and O–H groups in total. The van der Waals surface area contributed by atoms with E-state index in [0.717, 1.165) is 5.56 Å². The lowest BCUT2D eigenvalue weighted by molar-refractivity contribution is -0.497. The van der Waals surface area contributed by atoms with Crippen LogP contribution in [-0.4, -0.2) is 91.1 Å². The lowest BCUT2D eigenvalue weighted by Crippen LogP contribution is -2.18. The number of esters is 1. The Morgan fingerprint density at radius 1 is 0.963 bits per heavy atom. The van der Waals surface area contributed by atoms with Crippen LogP contribution in [0.3, 0.4) is 0 Å². The van der Waals surface area contributed by atoms with Crippen LogP contribution in [0.1, 0.15) is 21.5 Å². The van der Waals surface area contributed by atoms with Gasteiger partial charge in [0.15, 0.2) is 34.0 Å². The lowest BCUT2D eigenvalue weighted by atomic mass is 10.1. The first-order valence-electron chi connectivity index (χ1n) is 15.7.